The fourth-order valence-electron chi connectivity index (χ4n) is 3.87. The van der Waals surface area contributed by atoms with E-state index in [1.165, 1.54) is 57.8 Å². The van der Waals surface area contributed by atoms with Crippen LogP contribution < -0.4 is 5.32 Å². The van der Waals surface area contributed by atoms with E-state index in [1.54, 1.807) is 0 Å². The Hall–Kier alpha value is -1.06. The van der Waals surface area contributed by atoms with Crippen LogP contribution in [0.1, 0.15) is 96.8 Å². The molecule has 1 heterocycles. The molecule has 4 nitrogen and oxygen atoms in total. The fourth-order valence-corrected chi connectivity index (χ4v) is 3.87. The second-order valence-electron chi connectivity index (χ2n) is 8.02. The van der Waals surface area contributed by atoms with Crippen molar-refractivity contribution in [2.45, 2.75) is 103 Å². The first-order valence-electron chi connectivity index (χ1n) is 10.8. The molecule has 1 aliphatic heterocycles. The molecule has 4 heteroatoms. The summed E-state index contributed by atoms with van der Waals surface area (Å²) in [6.45, 7) is 4.13. The summed E-state index contributed by atoms with van der Waals surface area (Å²) >= 11 is 0. The van der Waals surface area contributed by atoms with Gasteiger partial charge in [0.1, 0.15) is 0 Å². The average molecular weight is 351 g/mol. The number of amides is 2. The maximum absolute atomic E-state index is 11.6. The van der Waals surface area contributed by atoms with Gasteiger partial charge in [-0.2, -0.15) is 0 Å². The summed E-state index contributed by atoms with van der Waals surface area (Å²) in [5.74, 6) is 1.07. The van der Waals surface area contributed by atoms with Crippen LogP contribution in [-0.4, -0.2) is 35.8 Å². The van der Waals surface area contributed by atoms with Gasteiger partial charge in [0.2, 0.25) is 11.8 Å². The lowest BCUT2D eigenvalue weighted by Gasteiger charge is -2.29. The molecule has 25 heavy (non-hydrogen) atoms. The molecular weight excluding hydrogens is 312 g/mol. The Bertz CT molecular complexity index is 395. The summed E-state index contributed by atoms with van der Waals surface area (Å²) in [5, 5.41) is 3.18. The molecule has 1 N–H and O–H groups in total. The monoisotopic (exact) mass is 350 g/mol. The van der Waals surface area contributed by atoms with Crippen LogP contribution in [0.4, 0.5) is 0 Å². The first-order chi connectivity index (χ1) is 12.2. The highest BCUT2D eigenvalue weighted by Crippen LogP contribution is 2.27. The summed E-state index contributed by atoms with van der Waals surface area (Å²) in [6.07, 6.45) is 16.5. The quantitative estimate of drug-likeness (QED) is 0.797. The third-order valence-corrected chi connectivity index (χ3v) is 5.88. The van der Waals surface area contributed by atoms with Crippen molar-refractivity contribution in [1.82, 2.24) is 10.2 Å². The van der Waals surface area contributed by atoms with Crippen LogP contribution in [0.5, 0.6) is 0 Å². The lowest BCUT2D eigenvalue weighted by atomic mass is 9.84. The van der Waals surface area contributed by atoms with Gasteiger partial charge in [-0.3, -0.25) is 9.59 Å². The zero-order valence-corrected chi connectivity index (χ0v) is 16.2. The zero-order valence-electron chi connectivity index (χ0n) is 16.2. The van der Waals surface area contributed by atoms with Crippen LogP contribution in [-0.2, 0) is 9.59 Å². The minimum absolute atomic E-state index is 0.332. The first kappa shape index (κ1) is 20.3. The molecule has 2 aliphatic carbocycles. The summed E-state index contributed by atoms with van der Waals surface area (Å²) < 4.78 is 0. The molecule has 2 saturated carbocycles. The number of nitrogens with one attached hydrogen (secondary N) is 1. The van der Waals surface area contributed by atoms with Gasteiger partial charge in [0.05, 0.1) is 0 Å². The highest BCUT2D eigenvalue weighted by molar-refractivity contribution is 5.79. The van der Waals surface area contributed by atoms with E-state index in [4.69, 9.17) is 0 Å². The number of hydrogen-bond acceptors (Lipinski definition) is 2. The van der Waals surface area contributed by atoms with Crippen molar-refractivity contribution < 1.29 is 9.59 Å². The largest absolute Gasteiger partial charge is 0.353 e. The van der Waals surface area contributed by atoms with Crippen molar-refractivity contribution in [2.24, 2.45) is 5.92 Å². The van der Waals surface area contributed by atoms with Crippen molar-refractivity contribution in [3.63, 3.8) is 0 Å². The Kier molecular flexibility index (Phi) is 9.35. The predicted molar refractivity (Wildman–Crippen MR) is 102 cm³/mol. The predicted octanol–water partition coefficient (Wildman–Crippen LogP) is 4.42. The molecule has 144 valence electrons. The van der Waals surface area contributed by atoms with Gasteiger partial charge in [0.25, 0.3) is 0 Å². The van der Waals surface area contributed by atoms with E-state index in [9.17, 15) is 9.59 Å². The maximum Gasteiger partial charge on any atom is 0.223 e. The molecule has 0 spiro atoms. The molecular formula is C21H38N2O2. The van der Waals surface area contributed by atoms with Crippen LogP contribution in [0, 0.1) is 5.92 Å². The zero-order chi connectivity index (χ0) is 17.9. The normalized spacial score (nSPS) is 21.7. The van der Waals surface area contributed by atoms with Gasteiger partial charge < -0.3 is 10.2 Å². The van der Waals surface area contributed by atoms with E-state index in [2.05, 4.69) is 12.2 Å². The fraction of sp³-hybridized carbons (Fsp3) is 0.905. The summed E-state index contributed by atoms with van der Waals surface area (Å²) in [7, 11) is 0. The van der Waals surface area contributed by atoms with Crippen LogP contribution in [0.2, 0.25) is 0 Å². The topological polar surface area (TPSA) is 49.4 Å². The molecule has 2 amide bonds. The third kappa shape index (κ3) is 7.37. The van der Waals surface area contributed by atoms with Crippen molar-refractivity contribution in [3.8, 4) is 0 Å². The van der Waals surface area contributed by atoms with Crippen molar-refractivity contribution in [1.29, 1.82) is 0 Å². The van der Waals surface area contributed by atoms with Crippen molar-refractivity contribution in [2.75, 3.05) is 13.1 Å². The van der Waals surface area contributed by atoms with E-state index < -0.39 is 0 Å². The molecule has 0 unspecified atom stereocenters. The molecule has 3 rings (SSSR count). The Balaban J connectivity index is 0.000000181. The van der Waals surface area contributed by atoms with Crippen molar-refractivity contribution in [3.05, 3.63) is 0 Å². The molecule has 0 atom stereocenters. The first-order valence-corrected chi connectivity index (χ1v) is 10.8. The van der Waals surface area contributed by atoms with Crippen LogP contribution >= 0.6 is 0 Å². The lowest BCUT2D eigenvalue weighted by molar-refractivity contribution is -0.132. The van der Waals surface area contributed by atoms with E-state index >= 15 is 0 Å². The van der Waals surface area contributed by atoms with E-state index in [0.717, 1.165) is 45.2 Å². The second kappa shape index (κ2) is 11.5. The Morgan fingerprint density at radius 2 is 1.52 bits per heavy atom. The average Bonchev–Trinajstić information content (AvgIpc) is 2.60. The molecule has 0 radical (unpaired) electrons. The minimum atomic E-state index is 0.332. The Labute approximate surface area is 154 Å². The van der Waals surface area contributed by atoms with Crippen molar-refractivity contribution >= 4 is 11.8 Å². The number of likely N-dealkylation sites (tertiary alicyclic amines) is 1. The highest BCUT2D eigenvalue weighted by atomic mass is 16.2. The van der Waals surface area contributed by atoms with Gasteiger partial charge in [0.15, 0.2) is 0 Å². The minimum Gasteiger partial charge on any atom is -0.353 e. The van der Waals surface area contributed by atoms with Crippen LogP contribution in [0.25, 0.3) is 0 Å². The van der Waals surface area contributed by atoms with Gasteiger partial charge in [0, 0.05) is 31.5 Å². The van der Waals surface area contributed by atoms with Gasteiger partial charge >= 0.3 is 0 Å². The number of unbranched alkanes of at least 4 members (excludes halogenated alkanes) is 1. The summed E-state index contributed by atoms with van der Waals surface area (Å²) in [4.78, 5) is 25.1. The molecule has 0 bridgehead atoms. The van der Waals surface area contributed by atoms with Crippen LogP contribution in [0.15, 0.2) is 0 Å². The SMILES string of the molecule is CCCCC(=O)N1CCCCC1.O=C(NC1CCCCC1)C1CCC1. The number of hydrogen-bond donors (Lipinski definition) is 1. The standard InChI is InChI=1S/C11H19NO.C10H19NO/c13-11(9-5-4-6-9)12-10-7-2-1-3-8-10;1-2-3-7-10(12)11-8-5-4-6-9-11/h9-10H,1-8H2,(H,12,13);2-9H2,1H3. The van der Waals surface area contributed by atoms with Crippen LogP contribution in [0.3, 0.4) is 0 Å². The lowest BCUT2D eigenvalue weighted by Crippen LogP contribution is -2.41. The number of piperidine rings is 1. The Morgan fingerprint density at radius 1 is 0.880 bits per heavy atom. The van der Waals surface area contributed by atoms with E-state index in [0.29, 0.717) is 23.8 Å². The molecule has 0 aromatic heterocycles. The van der Waals surface area contributed by atoms with Gasteiger partial charge in [-0.15, -0.1) is 0 Å². The summed E-state index contributed by atoms with van der Waals surface area (Å²) in [6, 6.07) is 0.502. The number of nitrogens with zero attached hydrogens (tertiary/aromatic N) is 1. The van der Waals surface area contributed by atoms with Gasteiger partial charge in [-0.25, -0.2) is 0 Å². The Morgan fingerprint density at radius 3 is 2.08 bits per heavy atom. The summed E-state index contributed by atoms with van der Waals surface area (Å²) in [5.41, 5.74) is 0. The number of carbonyl (C=O) groups excluding carboxylic acids is 2. The molecule has 3 fully saturated rings. The van der Waals surface area contributed by atoms with Gasteiger partial charge in [-0.1, -0.05) is 39.0 Å². The molecule has 1 saturated heterocycles. The third-order valence-electron chi connectivity index (χ3n) is 5.88. The molecule has 3 aliphatic rings. The highest BCUT2D eigenvalue weighted by Gasteiger charge is 2.27. The van der Waals surface area contributed by atoms with E-state index in [-0.39, 0.29) is 0 Å². The number of rotatable bonds is 5. The maximum atomic E-state index is 11.6. The number of carbonyl (C=O) groups is 2. The molecule has 0 aromatic rings. The van der Waals surface area contributed by atoms with Gasteiger partial charge in [-0.05, 0) is 51.4 Å². The van der Waals surface area contributed by atoms with E-state index in [1.807, 2.05) is 4.90 Å². The molecule has 0 aromatic carbocycles. The second-order valence-corrected chi connectivity index (χ2v) is 8.02. The smallest absolute Gasteiger partial charge is 0.223 e.